The second-order valence-electron chi connectivity index (χ2n) is 7.50. The van der Waals surface area contributed by atoms with Gasteiger partial charge in [-0.25, -0.2) is 19.3 Å². The third-order valence-corrected chi connectivity index (χ3v) is 5.38. The fourth-order valence-electron chi connectivity index (χ4n) is 3.57. The van der Waals surface area contributed by atoms with Crippen molar-refractivity contribution < 1.29 is 4.79 Å². The molecule has 4 heterocycles. The Balaban J connectivity index is 1.28. The minimum absolute atomic E-state index is 0.0696. The number of carbonyl (C=O) groups excluding carboxylic acids is 1. The van der Waals surface area contributed by atoms with Crippen LogP contribution in [0.3, 0.4) is 0 Å². The van der Waals surface area contributed by atoms with E-state index in [0.717, 1.165) is 11.4 Å². The Morgan fingerprint density at radius 1 is 1.06 bits per heavy atom. The Kier molecular flexibility index (Phi) is 4.94. The van der Waals surface area contributed by atoms with Crippen molar-refractivity contribution in [1.29, 1.82) is 0 Å². The molecule has 4 aromatic rings. The highest BCUT2D eigenvalue weighted by molar-refractivity contribution is 5.97. The Morgan fingerprint density at radius 3 is 2.66 bits per heavy atom. The van der Waals surface area contributed by atoms with E-state index in [0.29, 0.717) is 30.3 Å². The molecule has 1 aromatic carbocycles. The average molecular weight is 428 g/mol. The fraction of sp³-hybridized carbons (Fsp3) is 0.182. The van der Waals surface area contributed by atoms with Gasteiger partial charge >= 0.3 is 0 Å². The van der Waals surface area contributed by atoms with Crippen molar-refractivity contribution in [3.8, 4) is 17.1 Å². The summed E-state index contributed by atoms with van der Waals surface area (Å²) in [4.78, 5) is 35.1. The van der Waals surface area contributed by atoms with Gasteiger partial charge in [0.15, 0.2) is 5.82 Å². The SMILES string of the molecule is Cn1nc(-c2ccccc2NC(=O)C2CN(c3cc(-n4cccn4)ncn3)C2)ccc1=O. The van der Waals surface area contributed by atoms with Gasteiger partial charge in [0.05, 0.1) is 17.3 Å². The molecule has 10 nitrogen and oxygen atoms in total. The minimum Gasteiger partial charge on any atom is -0.355 e. The first-order chi connectivity index (χ1) is 15.6. The maximum atomic E-state index is 12.9. The normalized spacial score (nSPS) is 13.6. The smallest absolute Gasteiger partial charge is 0.266 e. The fourth-order valence-corrected chi connectivity index (χ4v) is 3.57. The first-order valence-electron chi connectivity index (χ1n) is 10.1. The van der Waals surface area contributed by atoms with Gasteiger partial charge in [-0.05, 0) is 18.2 Å². The zero-order valence-electron chi connectivity index (χ0n) is 17.3. The van der Waals surface area contributed by atoms with E-state index in [4.69, 9.17) is 0 Å². The summed E-state index contributed by atoms with van der Waals surface area (Å²) < 4.78 is 2.94. The predicted octanol–water partition coefficient (Wildman–Crippen LogP) is 1.50. The molecule has 3 aromatic heterocycles. The summed E-state index contributed by atoms with van der Waals surface area (Å²) in [6, 6.07) is 14.2. The third-order valence-electron chi connectivity index (χ3n) is 5.38. The molecular weight excluding hydrogens is 408 g/mol. The Bertz CT molecular complexity index is 1330. The second-order valence-corrected chi connectivity index (χ2v) is 7.50. The zero-order chi connectivity index (χ0) is 22.1. The van der Waals surface area contributed by atoms with Crippen LogP contribution in [0.2, 0.25) is 0 Å². The molecule has 5 rings (SSSR count). The highest BCUT2D eigenvalue weighted by Crippen LogP contribution is 2.28. The highest BCUT2D eigenvalue weighted by atomic mass is 16.2. The zero-order valence-corrected chi connectivity index (χ0v) is 17.3. The molecule has 32 heavy (non-hydrogen) atoms. The molecule has 1 fully saturated rings. The maximum Gasteiger partial charge on any atom is 0.266 e. The van der Waals surface area contributed by atoms with Gasteiger partial charge in [0.1, 0.15) is 12.1 Å². The van der Waals surface area contributed by atoms with Crippen LogP contribution in [0, 0.1) is 5.92 Å². The third kappa shape index (κ3) is 3.73. The van der Waals surface area contributed by atoms with E-state index in [2.05, 4.69) is 25.5 Å². The van der Waals surface area contributed by atoms with Crippen LogP contribution in [0.25, 0.3) is 17.1 Å². The van der Waals surface area contributed by atoms with E-state index < -0.39 is 0 Å². The van der Waals surface area contributed by atoms with Gasteiger partial charge in [0, 0.05) is 50.2 Å². The molecule has 0 saturated carbocycles. The van der Waals surface area contributed by atoms with Crippen molar-refractivity contribution in [3.05, 3.63) is 77.6 Å². The van der Waals surface area contributed by atoms with Crippen LogP contribution in [0.1, 0.15) is 0 Å². The maximum absolute atomic E-state index is 12.9. The first kappa shape index (κ1) is 19.6. The van der Waals surface area contributed by atoms with Crippen molar-refractivity contribution in [3.63, 3.8) is 0 Å². The first-order valence-corrected chi connectivity index (χ1v) is 10.1. The van der Waals surface area contributed by atoms with E-state index >= 15 is 0 Å². The Hall–Kier alpha value is -4.34. The van der Waals surface area contributed by atoms with Crippen LogP contribution in [0.4, 0.5) is 11.5 Å². The van der Waals surface area contributed by atoms with Crippen LogP contribution < -0.4 is 15.8 Å². The lowest BCUT2D eigenvalue weighted by Gasteiger charge is -2.39. The standard InChI is InChI=1S/C22H20N8O2/c1-28-21(31)8-7-18(27-28)16-5-2-3-6-17(16)26-22(32)15-12-29(13-15)19-11-20(24-14-23-19)30-10-4-9-25-30/h2-11,14-15H,12-13H2,1H3,(H,26,32). The molecule has 0 aliphatic carbocycles. The number of nitrogens with one attached hydrogen (secondary N) is 1. The number of carbonyl (C=O) groups is 1. The molecule has 10 heteroatoms. The van der Waals surface area contributed by atoms with E-state index in [9.17, 15) is 9.59 Å². The number of hydrogen-bond donors (Lipinski definition) is 1. The van der Waals surface area contributed by atoms with Crippen molar-refractivity contribution >= 4 is 17.4 Å². The number of hydrogen-bond acceptors (Lipinski definition) is 7. The highest BCUT2D eigenvalue weighted by Gasteiger charge is 2.34. The summed E-state index contributed by atoms with van der Waals surface area (Å²) in [5.41, 5.74) is 1.84. The Morgan fingerprint density at radius 2 is 1.88 bits per heavy atom. The van der Waals surface area contributed by atoms with E-state index in [1.165, 1.54) is 17.1 Å². The van der Waals surface area contributed by atoms with Gasteiger partial charge in [-0.15, -0.1) is 0 Å². The molecule has 1 saturated heterocycles. The number of benzene rings is 1. The molecule has 160 valence electrons. The largest absolute Gasteiger partial charge is 0.355 e. The van der Waals surface area contributed by atoms with Crippen molar-refractivity contribution in [2.24, 2.45) is 13.0 Å². The van der Waals surface area contributed by atoms with Crippen molar-refractivity contribution in [2.45, 2.75) is 0 Å². The van der Waals surface area contributed by atoms with E-state index in [-0.39, 0.29) is 17.4 Å². The van der Waals surface area contributed by atoms with Gasteiger partial charge in [0.2, 0.25) is 5.91 Å². The summed E-state index contributed by atoms with van der Waals surface area (Å²) in [7, 11) is 1.60. The van der Waals surface area contributed by atoms with Gasteiger partial charge < -0.3 is 10.2 Å². The lowest BCUT2D eigenvalue weighted by molar-refractivity contribution is -0.120. The molecule has 1 amide bonds. The summed E-state index contributed by atoms with van der Waals surface area (Å²) in [5.74, 6) is 1.19. The number of rotatable bonds is 5. The molecule has 0 atom stereocenters. The van der Waals surface area contributed by atoms with Crippen LogP contribution in [0.5, 0.6) is 0 Å². The summed E-state index contributed by atoms with van der Waals surface area (Å²) in [5, 5.41) is 11.5. The number of nitrogens with zero attached hydrogens (tertiary/aromatic N) is 7. The van der Waals surface area contributed by atoms with Crippen molar-refractivity contribution in [1.82, 2.24) is 29.5 Å². The number of para-hydroxylation sites is 1. The number of amides is 1. The van der Waals surface area contributed by atoms with Crippen LogP contribution >= 0.6 is 0 Å². The Labute approximate surface area is 183 Å². The van der Waals surface area contributed by atoms with Crippen molar-refractivity contribution in [2.75, 3.05) is 23.3 Å². The summed E-state index contributed by atoms with van der Waals surface area (Å²) >= 11 is 0. The minimum atomic E-state index is -0.190. The van der Waals surface area contributed by atoms with E-state index in [1.54, 1.807) is 24.0 Å². The molecule has 0 radical (unpaired) electrons. The van der Waals surface area contributed by atoms with Gasteiger partial charge in [-0.2, -0.15) is 10.2 Å². The van der Waals surface area contributed by atoms with Gasteiger partial charge in [-0.1, -0.05) is 18.2 Å². The van der Waals surface area contributed by atoms with Crippen LogP contribution in [0.15, 0.2) is 72.0 Å². The molecule has 1 aliphatic rings. The predicted molar refractivity (Wildman–Crippen MR) is 118 cm³/mol. The van der Waals surface area contributed by atoms with E-state index in [1.807, 2.05) is 47.5 Å². The molecule has 0 unspecified atom stereocenters. The summed E-state index contributed by atoms with van der Waals surface area (Å²) in [6.45, 7) is 1.11. The monoisotopic (exact) mass is 428 g/mol. The number of aryl methyl sites for hydroxylation is 1. The lowest BCUT2D eigenvalue weighted by Crippen LogP contribution is -2.52. The van der Waals surface area contributed by atoms with Crippen LogP contribution in [-0.2, 0) is 11.8 Å². The summed E-state index contributed by atoms with van der Waals surface area (Å²) in [6.07, 6.45) is 5.00. The number of anilines is 2. The molecule has 1 aliphatic heterocycles. The molecule has 0 spiro atoms. The molecule has 1 N–H and O–H groups in total. The van der Waals surface area contributed by atoms with Gasteiger partial charge in [0.25, 0.3) is 5.56 Å². The molecular formula is C22H20N8O2. The quantitative estimate of drug-likeness (QED) is 0.513. The molecule has 0 bridgehead atoms. The lowest BCUT2D eigenvalue weighted by atomic mass is 9.98. The second kappa shape index (κ2) is 8.06. The number of aromatic nitrogens is 6. The van der Waals surface area contributed by atoms with Crippen LogP contribution in [-0.4, -0.2) is 48.5 Å². The van der Waals surface area contributed by atoms with Gasteiger partial charge in [-0.3, -0.25) is 9.59 Å². The average Bonchev–Trinajstić information content (AvgIpc) is 3.30. The topological polar surface area (TPSA) is 111 Å².